The Hall–Kier alpha value is -2.42. The summed E-state index contributed by atoms with van der Waals surface area (Å²) in [5, 5.41) is 14.5. The molecule has 0 radical (unpaired) electrons. The highest BCUT2D eigenvalue weighted by molar-refractivity contribution is 5.43. The number of β-amino-alcohol motifs (C(OH)–C–C–N with tert-alkyl or cyclic N) is 1. The molecule has 30 heavy (non-hydrogen) atoms. The maximum absolute atomic E-state index is 11.1. The van der Waals surface area contributed by atoms with Crippen molar-refractivity contribution < 1.29 is 14.6 Å². The van der Waals surface area contributed by atoms with Crippen LogP contribution in [0.1, 0.15) is 18.4 Å². The molecule has 1 fully saturated rings. The van der Waals surface area contributed by atoms with Crippen LogP contribution in [0.25, 0.3) is 0 Å². The molecule has 1 saturated heterocycles. The highest BCUT2D eigenvalue weighted by atomic mass is 16.5. The number of nitrogens with one attached hydrogen (secondary N) is 1. The van der Waals surface area contributed by atoms with Gasteiger partial charge in [0.15, 0.2) is 11.5 Å². The molecule has 8 nitrogen and oxygen atoms in total. The van der Waals surface area contributed by atoms with E-state index in [1.165, 1.54) is 0 Å². The SMILES string of the molecule is COc1cc(CNCC2(O)CCCN(c3cnccn3)C2)ccc1OCCN(C)C. The third-order valence-electron chi connectivity index (χ3n) is 5.24. The summed E-state index contributed by atoms with van der Waals surface area (Å²) in [5.74, 6) is 2.28. The number of piperidine rings is 1. The maximum atomic E-state index is 11.1. The summed E-state index contributed by atoms with van der Waals surface area (Å²) in [6, 6.07) is 5.95. The van der Waals surface area contributed by atoms with Crippen LogP contribution < -0.4 is 19.7 Å². The predicted octanol–water partition coefficient (Wildman–Crippen LogP) is 1.55. The van der Waals surface area contributed by atoms with E-state index in [1.54, 1.807) is 25.7 Å². The Balaban J connectivity index is 1.52. The van der Waals surface area contributed by atoms with Crippen LogP contribution in [0.3, 0.4) is 0 Å². The summed E-state index contributed by atoms with van der Waals surface area (Å²) >= 11 is 0. The fourth-order valence-corrected chi connectivity index (χ4v) is 3.63. The predicted molar refractivity (Wildman–Crippen MR) is 117 cm³/mol. The van der Waals surface area contributed by atoms with E-state index in [2.05, 4.69) is 25.1 Å². The highest BCUT2D eigenvalue weighted by Gasteiger charge is 2.33. The molecule has 1 aliphatic heterocycles. The van der Waals surface area contributed by atoms with E-state index >= 15 is 0 Å². The van der Waals surface area contributed by atoms with Crippen molar-refractivity contribution in [1.82, 2.24) is 20.2 Å². The molecule has 164 valence electrons. The summed E-state index contributed by atoms with van der Waals surface area (Å²) in [6.45, 7) is 4.02. The minimum atomic E-state index is -0.797. The zero-order valence-electron chi connectivity index (χ0n) is 18.2. The second-order valence-corrected chi connectivity index (χ2v) is 8.05. The van der Waals surface area contributed by atoms with Crippen LogP contribution in [0.5, 0.6) is 11.5 Å². The first-order chi connectivity index (χ1) is 14.5. The van der Waals surface area contributed by atoms with Crippen molar-refractivity contribution in [2.45, 2.75) is 25.0 Å². The molecule has 0 aliphatic carbocycles. The lowest BCUT2D eigenvalue weighted by Crippen LogP contribution is -2.53. The first-order valence-electron chi connectivity index (χ1n) is 10.4. The van der Waals surface area contributed by atoms with Gasteiger partial charge in [-0.15, -0.1) is 0 Å². The minimum Gasteiger partial charge on any atom is -0.493 e. The zero-order chi connectivity index (χ0) is 21.4. The Morgan fingerprint density at radius 1 is 1.27 bits per heavy atom. The van der Waals surface area contributed by atoms with Gasteiger partial charge in [0.25, 0.3) is 0 Å². The zero-order valence-corrected chi connectivity index (χ0v) is 18.2. The van der Waals surface area contributed by atoms with Gasteiger partial charge >= 0.3 is 0 Å². The third-order valence-corrected chi connectivity index (χ3v) is 5.24. The summed E-state index contributed by atoms with van der Waals surface area (Å²) in [4.78, 5) is 12.7. The number of aliphatic hydroxyl groups is 1. The number of anilines is 1. The molecule has 0 spiro atoms. The van der Waals surface area contributed by atoms with Gasteiger partial charge in [-0.2, -0.15) is 0 Å². The fraction of sp³-hybridized carbons (Fsp3) is 0.545. The van der Waals surface area contributed by atoms with Crippen molar-refractivity contribution in [1.29, 1.82) is 0 Å². The van der Waals surface area contributed by atoms with Crippen LogP contribution in [0.2, 0.25) is 0 Å². The smallest absolute Gasteiger partial charge is 0.161 e. The van der Waals surface area contributed by atoms with Gasteiger partial charge in [-0.05, 0) is 44.6 Å². The Bertz CT molecular complexity index is 790. The Labute approximate surface area is 178 Å². The van der Waals surface area contributed by atoms with Crippen LogP contribution in [0, 0.1) is 0 Å². The van der Waals surface area contributed by atoms with Crippen molar-refractivity contribution in [2.75, 3.05) is 58.9 Å². The fourth-order valence-electron chi connectivity index (χ4n) is 3.63. The third kappa shape index (κ3) is 6.29. The molecular weight excluding hydrogens is 382 g/mol. The first kappa shape index (κ1) is 22.3. The molecular formula is C22H33N5O3. The Morgan fingerprint density at radius 3 is 2.87 bits per heavy atom. The number of ether oxygens (including phenoxy) is 2. The molecule has 1 aromatic heterocycles. The average molecular weight is 416 g/mol. The van der Waals surface area contributed by atoms with E-state index in [9.17, 15) is 5.11 Å². The molecule has 2 heterocycles. The quantitative estimate of drug-likeness (QED) is 0.605. The van der Waals surface area contributed by atoms with E-state index in [4.69, 9.17) is 9.47 Å². The van der Waals surface area contributed by atoms with Gasteiger partial charge in [0.2, 0.25) is 0 Å². The number of hydrogen-bond donors (Lipinski definition) is 2. The van der Waals surface area contributed by atoms with Crippen LogP contribution >= 0.6 is 0 Å². The summed E-state index contributed by atoms with van der Waals surface area (Å²) in [6.07, 6.45) is 6.77. The Morgan fingerprint density at radius 2 is 2.13 bits per heavy atom. The van der Waals surface area contributed by atoms with Crippen LogP contribution in [0.4, 0.5) is 5.82 Å². The van der Waals surface area contributed by atoms with Gasteiger partial charge < -0.3 is 29.7 Å². The molecule has 2 aromatic rings. The number of aromatic nitrogens is 2. The number of methoxy groups -OCH3 is 1. The van der Waals surface area contributed by atoms with Crippen LogP contribution in [-0.2, 0) is 6.54 Å². The largest absolute Gasteiger partial charge is 0.493 e. The molecule has 1 aromatic carbocycles. The lowest BCUT2D eigenvalue weighted by Gasteiger charge is -2.39. The lowest BCUT2D eigenvalue weighted by molar-refractivity contribution is 0.0258. The average Bonchev–Trinajstić information content (AvgIpc) is 2.75. The summed E-state index contributed by atoms with van der Waals surface area (Å²) in [7, 11) is 5.68. The van der Waals surface area contributed by atoms with Crippen LogP contribution in [0.15, 0.2) is 36.8 Å². The summed E-state index contributed by atoms with van der Waals surface area (Å²) in [5.41, 5.74) is 0.284. The summed E-state index contributed by atoms with van der Waals surface area (Å²) < 4.78 is 11.3. The van der Waals surface area contributed by atoms with Gasteiger partial charge in [0, 0.05) is 45.1 Å². The van der Waals surface area contributed by atoms with E-state index < -0.39 is 5.60 Å². The molecule has 1 unspecified atom stereocenters. The van der Waals surface area contributed by atoms with Gasteiger partial charge in [-0.25, -0.2) is 4.98 Å². The molecule has 2 N–H and O–H groups in total. The molecule has 0 amide bonds. The number of likely N-dealkylation sites (N-methyl/N-ethyl adjacent to an activating group) is 1. The standard InChI is InChI=1S/C22H33N5O3/c1-26(2)11-12-30-19-6-5-18(13-20(19)29-3)14-24-16-22(28)7-4-10-27(17-22)21-15-23-8-9-25-21/h5-6,8-9,13,15,24,28H,4,7,10-12,14,16-17H2,1-3H3. The van der Waals surface area contributed by atoms with Gasteiger partial charge in [-0.3, -0.25) is 4.98 Å². The molecule has 1 aliphatic rings. The van der Waals surface area contributed by atoms with E-state index in [-0.39, 0.29) is 0 Å². The van der Waals surface area contributed by atoms with Gasteiger partial charge in [-0.1, -0.05) is 6.07 Å². The van der Waals surface area contributed by atoms with Gasteiger partial charge in [0.1, 0.15) is 12.4 Å². The highest BCUT2D eigenvalue weighted by Crippen LogP contribution is 2.28. The van der Waals surface area contributed by atoms with Crippen molar-refractivity contribution in [3.05, 3.63) is 42.4 Å². The van der Waals surface area contributed by atoms with E-state index in [0.717, 1.165) is 48.8 Å². The Kier molecular flexibility index (Phi) is 7.84. The minimum absolute atomic E-state index is 0.507. The van der Waals surface area contributed by atoms with Crippen molar-refractivity contribution in [2.24, 2.45) is 0 Å². The van der Waals surface area contributed by atoms with E-state index in [1.807, 2.05) is 32.3 Å². The lowest BCUT2D eigenvalue weighted by atomic mass is 9.92. The topological polar surface area (TPSA) is 83.0 Å². The normalized spacial score (nSPS) is 19.2. The first-order valence-corrected chi connectivity index (χ1v) is 10.4. The molecule has 8 heteroatoms. The van der Waals surface area contributed by atoms with Crippen molar-refractivity contribution >= 4 is 5.82 Å². The maximum Gasteiger partial charge on any atom is 0.161 e. The monoisotopic (exact) mass is 415 g/mol. The number of nitrogens with zero attached hydrogens (tertiary/aromatic N) is 4. The van der Waals surface area contributed by atoms with E-state index in [0.29, 0.717) is 26.2 Å². The van der Waals surface area contributed by atoms with Crippen LogP contribution in [-0.4, -0.2) is 79.6 Å². The van der Waals surface area contributed by atoms with Crippen molar-refractivity contribution in [3.63, 3.8) is 0 Å². The second-order valence-electron chi connectivity index (χ2n) is 8.05. The molecule has 3 rings (SSSR count). The number of rotatable bonds is 10. The number of benzene rings is 1. The van der Waals surface area contributed by atoms with Gasteiger partial charge in [0.05, 0.1) is 18.9 Å². The van der Waals surface area contributed by atoms with Crippen molar-refractivity contribution in [3.8, 4) is 11.5 Å². The molecule has 0 saturated carbocycles. The molecule has 0 bridgehead atoms. The molecule has 1 atom stereocenters. The second kappa shape index (κ2) is 10.6. The number of hydrogen-bond acceptors (Lipinski definition) is 8.